The number of thiocarbonyl (C=S) groups is 2. The van der Waals surface area contributed by atoms with Crippen LogP contribution in [0.15, 0.2) is 30.9 Å². The number of alkyl halides is 3. The summed E-state index contributed by atoms with van der Waals surface area (Å²) in [5.41, 5.74) is -2.60. The molecule has 2 heterocycles. The van der Waals surface area contributed by atoms with E-state index in [1.807, 2.05) is 0 Å². The van der Waals surface area contributed by atoms with E-state index in [1.54, 1.807) is 30.9 Å². The van der Waals surface area contributed by atoms with E-state index in [1.165, 1.54) is 6.07 Å². The number of benzene rings is 1. The number of nitrogens with zero attached hydrogens (tertiary/aromatic N) is 5. The molecule has 0 radical (unpaired) electrons. The first-order valence-corrected chi connectivity index (χ1v) is 12.4. The van der Waals surface area contributed by atoms with Crippen LogP contribution in [-0.4, -0.2) is 82.2 Å². The van der Waals surface area contributed by atoms with Crippen LogP contribution in [0.25, 0.3) is 0 Å². The first-order chi connectivity index (χ1) is 16.9. The van der Waals surface area contributed by atoms with Crippen molar-refractivity contribution >= 4 is 46.3 Å². The zero-order valence-corrected chi connectivity index (χ0v) is 21.9. The van der Waals surface area contributed by atoms with E-state index in [0.717, 1.165) is 56.2 Å². The Balaban J connectivity index is 1.63. The van der Waals surface area contributed by atoms with Gasteiger partial charge in [-0.2, -0.15) is 18.4 Å². The van der Waals surface area contributed by atoms with Crippen molar-refractivity contribution in [3.8, 4) is 6.07 Å². The second-order valence-corrected chi connectivity index (χ2v) is 9.88. The number of nitrogens with one attached hydrogen (secondary N) is 1. The number of anilines is 1. The summed E-state index contributed by atoms with van der Waals surface area (Å²) in [5.74, 6) is -0.403. The summed E-state index contributed by atoms with van der Waals surface area (Å²) in [7, 11) is 0. The third-order valence-corrected chi connectivity index (χ3v) is 7.23. The summed E-state index contributed by atoms with van der Waals surface area (Å²) >= 11 is 10.9. The molecular formula is C24H29F3N6OS2. The lowest BCUT2D eigenvalue weighted by atomic mass is 10.0. The molecule has 1 N–H and O–H groups in total. The van der Waals surface area contributed by atoms with Crippen LogP contribution in [0.5, 0.6) is 0 Å². The van der Waals surface area contributed by atoms with Crippen molar-refractivity contribution in [1.82, 2.24) is 20.0 Å². The quantitative estimate of drug-likeness (QED) is 0.419. The lowest BCUT2D eigenvalue weighted by Crippen LogP contribution is -2.52. The highest BCUT2D eigenvalue weighted by molar-refractivity contribution is 7.80. The van der Waals surface area contributed by atoms with Crippen LogP contribution in [0.1, 0.15) is 31.4 Å². The smallest absolute Gasteiger partial charge is 0.359 e. The van der Waals surface area contributed by atoms with Gasteiger partial charge in [-0.3, -0.25) is 14.6 Å². The molecule has 12 heteroatoms. The molecule has 0 unspecified atom stereocenters. The molecular weight excluding hydrogens is 509 g/mol. The molecule has 1 aromatic carbocycles. The van der Waals surface area contributed by atoms with Crippen molar-refractivity contribution in [2.24, 2.45) is 0 Å². The van der Waals surface area contributed by atoms with E-state index in [4.69, 9.17) is 29.7 Å². The number of nitriles is 1. The van der Waals surface area contributed by atoms with E-state index in [2.05, 4.69) is 21.7 Å². The number of rotatable bonds is 7. The third kappa shape index (κ3) is 5.79. The van der Waals surface area contributed by atoms with Gasteiger partial charge in [-0.1, -0.05) is 6.08 Å². The Labute approximate surface area is 220 Å². The minimum absolute atomic E-state index is 0.00375. The van der Waals surface area contributed by atoms with Gasteiger partial charge in [0.15, 0.2) is 10.2 Å². The predicted molar refractivity (Wildman–Crippen MR) is 140 cm³/mol. The molecule has 0 aromatic heterocycles. The summed E-state index contributed by atoms with van der Waals surface area (Å²) < 4.78 is 40.4. The molecule has 36 heavy (non-hydrogen) atoms. The fourth-order valence-corrected chi connectivity index (χ4v) is 5.11. The summed E-state index contributed by atoms with van der Waals surface area (Å²) in [4.78, 5) is 20.6. The Kier molecular flexibility index (Phi) is 8.59. The van der Waals surface area contributed by atoms with Gasteiger partial charge in [0.1, 0.15) is 5.54 Å². The number of hydrogen-bond acceptors (Lipinski definition) is 5. The maximum Gasteiger partial charge on any atom is 0.417 e. The van der Waals surface area contributed by atoms with Crippen molar-refractivity contribution in [1.29, 1.82) is 5.26 Å². The minimum atomic E-state index is -4.73. The van der Waals surface area contributed by atoms with Crippen molar-refractivity contribution in [2.45, 2.75) is 32.0 Å². The fraction of sp³-hybridized carbons (Fsp3) is 0.500. The van der Waals surface area contributed by atoms with Gasteiger partial charge < -0.3 is 15.1 Å². The molecule has 0 spiro atoms. The predicted octanol–water partition coefficient (Wildman–Crippen LogP) is 3.36. The van der Waals surface area contributed by atoms with E-state index in [0.29, 0.717) is 18.2 Å². The van der Waals surface area contributed by atoms with Gasteiger partial charge >= 0.3 is 6.18 Å². The van der Waals surface area contributed by atoms with E-state index >= 15 is 0 Å². The average Bonchev–Trinajstić information content (AvgIpc) is 3.01. The molecule has 2 aliphatic heterocycles. The maximum absolute atomic E-state index is 13.5. The number of halogens is 3. The zero-order chi connectivity index (χ0) is 26.7. The Morgan fingerprint density at radius 1 is 1.25 bits per heavy atom. The van der Waals surface area contributed by atoms with Crippen molar-refractivity contribution in [3.05, 3.63) is 42.0 Å². The molecule has 2 fully saturated rings. The van der Waals surface area contributed by atoms with E-state index in [-0.39, 0.29) is 10.8 Å². The number of carbonyl (C=O) groups is 1. The van der Waals surface area contributed by atoms with Crippen molar-refractivity contribution in [2.75, 3.05) is 50.7 Å². The summed E-state index contributed by atoms with van der Waals surface area (Å²) in [6.07, 6.45) is -2.24. The minimum Gasteiger partial charge on any atom is -0.359 e. The van der Waals surface area contributed by atoms with Gasteiger partial charge in [-0.05, 0) is 69.4 Å². The second-order valence-electron chi connectivity index (χ2n) is 9.13. The first kappa shape index (κ1) is 27.8. The number of carbonyl (C=O) groups excluding carboxylic acids is 1. The molecule has 0 aliphatic carbocycles. The van der Waals surface area contributed by atoms with Gasteiger partial charge in [0.25, 0.3) is 5.91 Å². The Bertz CT molecular complexity index is 1080. The monoisotopic (exact) mass is 538 g/mol. The van der Waals surface area contributed by atoms with Gasteiger partial charge in [-0.15, -0.1) is 6.58 Å². The fourth-order valence-electron chi connectivity index (χ4n) is 4.34. The summed E-state index contributed by atoms with van der Waals surface area (Å²) in [5, 5.41) is 13.1. The highest BCUT2D eigenvalue weighted by atomic mass is 32.1. The van der Waals surface area contributed by atoms with Gasteiger partial charge in [0.05, 0.1) is 22.9 Å². The van der Waals surface area contributed by atoms with Crippen LogP contribution < -0.4 is 10.2 Å². The first-order valence-electron chi connectivity index (χ1n) is 11.6. The normalized spacial score (nSPS) is 18.4. The number of piperazine rings is 1. The Morgan fingerprint density at radius 2 is 1.92 bits per heavy atom. The van der Waals surface area contributed by atoms with Gasteiger partial charge in [0.2, 0.25) is 0 Å². The van der Waals surface area contributed by atoms with Crippen LogP contribution >= 0.6 is 24.4 Å². The van der Waals surface area contributed by atoms with Crippen LogP contribution in [0.2, 0.25) is 0 Å². The molecule has 0 saturated carbocycles. The summed E-state index contributed by atoms with van der Waals surface area (Å²) in [6, 6.07) is 4.77. The largest absolute Gasteiger partial charge is 0.417 e. The maximum atomic E-state index is 13.5. The number of amides is 1. The topological polar surface area (TPSA) is 65.8 Å². The molecule has 1 aromatic rings. The average molecular weight is 539 g/mol. The highest BCUT2D eigenvalue weighted by Crippen LogP contribution is 2.37. The third-order valence-electron chi connectivity index (χ3n) is 6.42. The number of hydrogen-bond donors (Lipinski definition) is 1. The lowest BCUT2D eigenvalue weighted by molar-refractivity contribution is -0.137. The molecule has 0 bridgehead atoms. The lowest BCUT2D eigenvalue weighted by Gasteiger charge is -2.37. The standard InChI is InChI=1S/C24H29F3N6OS2/c1-4-8-29-21(35)31-13-11-30(12-14-31)9-5-10-32-22(36)33(20(34)23(32,2)3)18-7-6-17(16-28)19(15-18)24(25,26)27/h4,6-7,15H,1,5,8-14H2,2-3H3,(H,29,35). The second kappa shape index (κ2) is 11.1. The Hall–Kier alpha value is -2.75. The van der Waals surface area contributed by atoms with Crippen molar-refractivity contribution < 1.29 is 18.0 Å². The van der Waals surface area contributed by atoms with Crippen LogP contribution in [0, 0.1) is 11.3 Å². The molecule has 2 aliphatic rings. The van der Waals surface area contributed by atoms with Crippen LogP contribution in [0.3, 0.4) is 0 Å². The van der Waals surface area contributed by atoms with Crippen LogP contribution in [-0.2, 0) is 11.0 Å². The Morgan fingerprint density at radius 3 is 2.50 bits per heavy atom. The zero-order valence-electron chi connectivity index (χ0n) is 20.3. The summed E-state index contributed by atoms with van der Waals surface area (Å²) in [6.45, 7) is 12.3. The molecule has 2 saturated heterocycles. The molecule has 7 nitrogen and oxygen atoms in total. The van der Waals surface area contributed by atoms with E-state index < -0.39 is 28.7 Å². The van der Waals surface area contributed by atoms with E-state index in [9.17, 15) is 18.0 Å². The molecule has 0 atom stereocenters. The van der Waals surface area contributed by atoms with Crippen molar-refractivity contribution in [3.63, 3.8) is 0 Å². The molecule has 1 amide bonds. The van der Waals surface area contributed by atoms with Gasteiger partial charge in [-0.25, -0.2) is 0 Å². The van der Waals surface area contributed by atoms with Gasteiger partial charge in [0, 0.05) is 39.3 Å². The molecule has 194 valence electrons. The highest BCUT2D eigenvalue weighted by Gasteiger charge is 2.49. The molecule has 3 rings (SSSR count). The van der Waals surface area contributed by atoms with Crippen LogP contribution in [0.4, 0.5) is 18.9 Å². The SMILES string of the molecule is C=CCNC(=S)N1CCN(CCCN2C(=S)N(c3ccc(C#N)c(C(F)(F)F)c3)C(=O)C2(C)C)CC1.